The van der Waals surface area contributed by atoms with Gasteiger partial charge in [-0.05, 0) is 37.6 Å². The lowest BCUT2D eigenvalue weighted by atomic mass is 9.93. The maximum Gasteiger partial charge on any atom is 0.118 e. The van der Waals surface area contributed by atoms with Crippen molar-refractivity contribution in [2.45, 2.75) is 38.8 Å². The van der Waals surface area contributed by atoms with Crippen LogP contribution >= 0.6 is 0 Å². The number of nitrogens with two attached hydrogens (primary N) is 1. The molecule has 0 aliphatic rings. The van der Waals surface area contributed by atoms with E-state index in [-0.39, 0.29) is 5.54 Å². The summed E-state index contributed by atoms with van der Waals surface area (Å²) in [7, 11) is 3.81. The molecule has 0 amide bonds. The van der Waals surface area contributed by atoms with Gasteiger partial charge in [-0.3, -0.25) is 0 Å². The molecule has 102 valence electrons. The summed E-state index contributed by atoms with van der Waals surface area (Å²) in [5.41, 5.74) is 7.55. The van der Waals surface area contributed by atoms with Gasteiger partial charge in [-0.25, -0.2) is 0 Å². The van der Waals surface area contributed by atoms with Gasteiger partial charge in [-0.15, -0.1) is 0 Å². The zero-order valence-electron chi connectivity index (χ0n) is 12.1. The fraction of sp³-hybridized carbons (Fsp3) is 0.600. The van der Waals surface area contributed by atoms with Crippen molar-refractivity contribution < 1.29 is 4.74 Å². The second-order valence-electron chi connectivity index (χ2n) is 5.09. The summed E-state index contributed by atoms with van der Waals surface area (Å²) in [5, 5.41) is 0. The zero-order chi connectivity index (χ0) is 13.6. The molecular weight excluding hydrogens is 224 g/mol. The minimum absolute atomic E-state index is 0.0682. The van der Waals surface area contributed by atoms with E-state index >= 15 is 0 Å². The smallest absolute Gasteiger partial charge is 0.118 e. The minimum Gasteiger partial charge on any atom is -0.497 e. The molecule has 0 aliphatic carbocycles. The van der Waals surface area contributed by atoms with Gasteiger partial charge in [0.15, 0.2) is 0 Å². The van der Waals surface area contributed by atoms with E-state index in [1.807, 2.05) is 12.1 Å². The lowest BCUT2D eigenvalue weighted by Gasteiger charge is -2.32. The quantitative estimate of drug-likeness (QED) is 0.808. The molecule has 0 heterocycles. The molecule has 1 aromatic rings. The molecule has 0 saturated heterocycles. The summed E-state index contributed by atoms with van der Waals surface area (Å²) in [5.74, 6) is 0.900. The molecule has 0 aromatic heterocycles. The first kappa shape index (κ1) is 15.0. The van der Waals surface area contributed by atoms with Gasteiger partial charge in [-0.1, -0.05) is 26.0 Å². The Labute approximate surface area is 111 Å². The van der Waals surface area contributed by atoms with Crippen LogP contribution in [0.3, 0.4) is 0 Å². The van der Waals surface area contributed by atoms with Crippen molar-refractivity contribution in [1.82, 2.24) is 4.90 Å². The summed E-state index contributed by atoms with van der Waals surface area (Å²) in [6.45, 7) is 6.16. The van der Waals surface area contributed by atoms with Gasteiger partial charge in [0.05, 0.1) is 7.11 Å². The molecule has 1 aromatic carbocycles. The molecule has 0 saturated carbocycles. The Balaban J connectivity index is 2.55. The normalized spacial score (nSPS) is 11.9. The van der Waals surface area contributed by atoms with Gasteiger partial charge in [0, 0.05) is 18.6 Å². The maximum atomic E-state index is 6.34. The van der Waals surface area contributed by atoms with Gasteiger partial charge in [-0.2, -0.15) is 0 Å². The molecular formula is C15H26N2O. The van der Waals surface area contributed by atoms with Gasteiger partial charge < -0.3 is 15.4 Å². The van der Waals surface area contributed by atoms with Crippen LogP contribution in [0.15, 0.2) is 24.3 Å². The SMILES string of the molecule is CCC(N)(CC)CN(C)Cc1ccc(OC)cc1. The van der Waals surface area contributed by atoms with Gasteiger partial charge >= 0.3 is 0 Å². The van der Waals surface area contributed by atoms with Crippen molar-refractivity contribution in [3.63, 3.8) is 0 Å². The van der Waals surface area contributed by atoms with E-state index in [1.54, 1.807) is 7.11 Å². The third kappa shape index (κ3) is 4.31. The van der Waals surface area contributed by atoms with E-state index in [0.717, 1.165) is 31.7 Å². The predicted octanol–water partition coefficient (Wildman–Crippen LogP) is 2.64. The van der Waals surface area contributed by atoms with Crippen LogP contribution in [0.5, 0.6) is 5.75 Å². The monoisotopic (exact) mass is 250 g/mol. The highest BCUT2D eigenvalue weighted by molar-refractivity contribution is 5.27. The number of hydrogen-bond acceptors (Lipinski definition) is 3. The molecule has 0 unspecified atom stereocenters. The van der Waals surface area contributed by atoms with Crippen molar-refractivity contribution in [2.75, 3.05) is 20.7 Å². The Bertz CT molecular complexity index is 344. The van der Waals surface area contributed by atoms with E-state index < -0.39 is 0 Å². The second kappa shape index (κ2) is 6.76. The fourth-order valence-corrected chi connectivity index (χ4v) is 2.11. The standard InChI is InChI=1S/C15H26N2O/c1-5-15(16,6-2)12-17(3)11-13-7-9-14(18-4)10-8-13/h7-10H,5-6,11-12,16H2,1-4H3. The predicted molar refractivity (Wildman–Crippen MR) is 76.8 cm³/mol. The highest BCUT2D eigenvalue weighted by Crippen LogP contribution is 2.16. The molecule has 3 heteroatoms. The number of likely N-dealkylation sites (N-methyl/N-ethyl adjacent to an activating group) is 1. The Morgan fingerprint density at radius 1 is 1.17 bits per heavy atom. The molecule has 0 spiro atoms. The van der Waals surface area contributed by atoms with Crippen molar-refractivity contribution >= 4 is 0 Å². The van der Waals surface area contributed by atoms with Gasteiger partial charge in [0.25, 0.3) is 0 Å². The van der Waals surface area contributed by atoms with Crippen LogP contribution in [-0.2, 0) is 6.54 Å². The molecule has 0 atom stereocenters. The van der Waals surface area contributed by atoms with Crippen molar-refractivity contribution in [1.29, 1.82) is 0 Å². The third-order valence-electron chi connectivity index (χ3n) is 3.60. The largest absolute Gasteiger partial charge is 0.497 e. The highest BCUT2D eigenvalue weighted by atomic mass is 16.5. The molecule has 1 rings (SSSR count). The number of ether oxygens (including phenoxy) is 1. The molecule has 3 nitrogen and oxygen atoms in total. The average Bonchev–Trinajstić information content (AvgIpc) is 2.39. The Hall–Kier alpha value is -1.06. The zero-order valence-corrected chi connectivity index (χ0v) is 12.1. The second-order valence-corrected chi connectivity index (χ2v) is 5.09. The van der Waals surface area contributed by atoms with Crippen LogP contribution < -0.4 is 10.5 Å². The average molecular weight is 250 g/mol. The number of nitrogens with zero attached hydrogens (tertiary/aromatic N) is 1. The van der Waals surface area contributed by atoms with Crippen LogP contribution in [0, 0.1) is 0 Å². The Morgan fingerprint density at radius 3 is 2.17 bits per heavy atom. The maximum absolute atomic E-state index is 6.34. The van der Waals surface area contributed by atoms with Crippen molar-refractivity contribution in [3.05, 3.63) is 29.8 Å². The van der Waals surface area contributed by atoms with E-state index in [9.17, 15) is 0 Å². The molecule has 0 bridgehead atoms. The van der Waals surface area contributed by atoms with Crippen LogP contribution in [0.2, 0.25) is 0 Å². The van der Waals surface area contributed by atoms with Crippen molar-refractivity contribution in [3.8, 4) is 5.75 Å². The van der Waals surface area contributed by atoms with E-state index in [4.69, 9.17) is 10.5 Å². The number of rotatable bonds is 7. The first-order valence-electron chi connectivity index (χ1n) is 6.63. The molecule has 18 heavy (non-hydrogen) atoms. The summed E-state index contributed by atoms with van der Waals surface area (Å²) in [6.07, 6.45) is 2.02. The lowest BCUT2D eigenvalue weighted by molar-refractivity contribution is 0.228. The lowest BCUT2D eigenvalue weighted by Crippen LogP contribution is -2.48. The van der Waals surface area contributed by atoms with E-state index in [1.165, 1.54) is 5.56 Å². The topological polar surface area (TPSA) is 38.5 Å². The summed E-state index contributed by atoms with van der Waals surface area (Å²) < 4.78 is 5.16. The molecule has 2 N–H and O–H groups in total. The fourth-order valence-electron chi connectivity index (χ4n) is 2.11. The molecule has 0 aliphatic heterocycles. The van der Waals surface area contributed by atoms with Crippen LogP contribution in [0.25, 0.3) is 0 Å². The van der Waals surface area contributed by atoms with E-state index in [2.05, 4.69) is 37.9 Å². The summed E-state index contributed by atoms with van der Waals surface area (Å²) in [6, 6.07) is 8.20. The highest BCUT2D eigenvalue weighted by Gasteiger charge is 2.21. The summed E-state index contributed by atoms with van der Waals surface area (Å²) in [4.78, 5) is 2.29. The Morgan fingerprint density at radius 2 is 1.72 bits per heavy atom. The van der Waals surface area contributed by atoms with Gasteiger partial charge in [0.1, 0.15) is 5.75 Å². The van der Waals surface area contributed by atoms with Crippen LogP contribution in [-0.4, -0.2) is 31.1 Å². The number of benzene rings is 1. The first-order chi connectivity index (χ1) is 8.53. The molecule has 0 radical (unpaired) electrons. The van der Waals surface area contributed by atoms with Crippen LogP contribution in [0.1, 0.15) is 32.3 Å². The number of methoxy groups -OCH3 is 1. The van der Waals surface area contributed by atoms with Crippen LogP contribution in [0.4, 0.5) is 0 Å². The number of hydrogen-bond donors (Lipinski definition) is 1. The third-order valence-corrected chi connectivity index (χ3v) is 3.60. The molecule has 0 fully saturated rings. The minimum atomic E-state index is -0.0682. The summed E-state index contributed by atoms with van der Waals surface area (Å²) >= 11 is 0. The van der Waals surface area contributed by atoms with Gasteiger partial charge in [0.2, 0.25) is 0 Å². The van der Waals surface area contributed by atoms with E-state index in [0.29, 0.717) is 0 Å². The Kier molecular flexibility index (Phi) is 5.63. The first-order valence-corrected chi connectivity index (χ1v) is 6.63. The van der Waals surface area contributed by atoms with Crippen molar-refractivity contribution in [2.24, 2.45) is 5.73 Å².